The highest BCUT2D eigenvalue weighted by atomic mass is 15.3. The SMILES string of the molecule is CN(C)c1cnn2ccc(N3CCCCC3)nc12. The topological polar surface area (TPSA) is 36.7 Å². The van der Waals surface area contributed by atoms with E-state index in [1.54, 1.807) is 0 Å². The van der Waals surface area contributed by atoms with Gasteiger partial charge in [0.05, 0.1) is 6.20 Å². The van der Waals surface area contributed by atoms with Crippen molar-refractivity contribution in [3.8, 4) is 0 Å². The number of nitrogens with zero attached hydrogens (tertiary/aromatic N) is 5. The first-order valence-corrected chi connectivity index (χ1v) is 6.52. The van der Waals surface area contributed by atoms with Gasteiger partial charge in [0, 0.05) is 33.4 Å². The van der Waals surface area contributed by atoms with E-state index in [4.69, 9.17) is 4.98 Å². The summed E-state index contributed by atoms with van der Waals surface area (Å²) < 4.78 is 1.84. The second-order valence-electron chi connectivity index (χ2n) is 5.03. The lowest BCUT2D eigenvalue weighted by molar-refractivity contribution is 0.573. The van der Waals surface area contributed by atoms with E-state index in [2.05, 4.69) is 21.0 Å². The molecule has 0 spiro atoms. The number of anilines is 2. The van der Waals surface area contributed by atoms with Crippen LogP contribution >= 0.6 is 0 Å². The van der Waals surface area contributed by atoms with Crippen molar-refractivity contribution in [1.29, 1.82) is 0 Å². The van der Waals surface area contributed by atoms with Crippen molar-refractivity contribution in [2.75, 3.05) is 37.0 Å². The van der Waals surface area contributed by atoms with Gasteiger partial charge in [-0.3, -0.25) is 0 Å². The molecule has 0 amide bonds. The Hall–Kier alpha value is -1.78. The smallest absolute Gasteiger partial charge is 0.180 e. The van der Waals surface area contributed by atoms with Gasteiger partial charge in [0.25, 0.3) is 0 Å². The number of hydrogen-bond acceptors (Lipinski definition) is 4. The van der Waals surface area contributed by atoms with Crippen LogP contribution in [0.25, 0.3) is 5.65 Å². The van der Waals surface area contributed by atoms with Crippen LogP contribution in [-0.2, 0) is 0 Å². The Morgan fingerprint density at radius 3 is 2.67 bits per heavy atom. The van der Waals surface area contributed by atoms with Crippen molar-refractivity contribution in [1.82, 2.24) is 14.6 Å². The molecule has 0 radical (unpaired) electrons. The summed E-state index contributed by atoms with van der Waals surface area (Å²) in [7, 11) is 4.04. The molecule has 5 heteroatoms. The maximum Gasteiger partial charge on any atom is 0.180 e. The summed E-state index contributed by atoms with van der Waals surface area (Å²) in [5, 5.41) is 4.32. The molecule has 0 aromatic carbocycles. The lowest BCUT2D eigenvalue weighted by Gasteiger charge is -2.27. The Morgan fingerprint density at radius 1 is 1.17 bits per heavy atom. The molecule has 5 nitrogen and oxygen atoms in total. The molecule has 0 aliphatic carbocycles. The highest BCUT2D eigenvalue weighted by Crippen LogP contribution is 2.22. The van der Waals surface area contributed by atoms with Gasteiger partial charge in [-0.2, -0.15) is 5.10 Å². The van der Waals surface area contributed by atoms with Gasteiger partial charge in [-0.15, -0.1) is 0 Å². The molecule has 1 saturated heterocycles. The Kier molecular flexibility index (Phi) is 2.81. The van der Waals surface area contributed by atoms with Gasteiger partial charge in [0.1, 0.15) is 11.5 Å². The molecule has 0 unspecified atom stereocenters. The molecule has 18 heavy (non-hydrogen) atoms. The van der Waals surface area contributed by atoms with Crippen LogP contribution in [-0.4, -0.2) is 41.8 Å². The van der Waals surface area contributed by atoms with E-state index in [9.17, 15) is 0 Å². The van der Waals surface area contributed by atoms with Crippen LogP contribution in [0, 0.1) is 0 Å². The van der Waals surface area contributed by atoms with Crippen LogP contribution < -0.4 is 9.80 Å². The van der Waals surface area contributed by atoms with Crippen LogP contribution in [0.4, 0.5) is 11.5 Å². The van der Waals surface area contributed by atoms with Gasteiger partial charge >= 0.3 is 0 Å². The van der Waals surface area contributed by atoms with Crippen molar-refractivity contribution in [2.45, 2.75) is 19.3 Å². The second kappa shape index (κ2) is 4.48. The van der Waals surface area contributed by atoms with Crippen molar-refractivity contribution in [3.05, 3.63) is 18.5 Å². The molecular formula is C13H19N5. The van der Waals surface area contributed by atoms with Crippen molar-refractivity contribution < 1.29 is 0 Å². The maximum atomic E-state index is 4.76. The molecule has 1 fully saturated rings. The standard InChI is InChI=1S/C13H19N5/c1-16(2)11-10-14-18-9-6-12(15-13(11)18)17-7-4-3-5-8-17/h6,9-10H,3-5,7-8H2,1-2H3. The molecule has 0 bridgehead atoms. The summed E-state index contributed by atoms with van der Waals surface area (Å²) in [6.45, 7) is 2.24. The van der Waals surface area contributed by atoms with E-state index in [-0.39, 0.29) is 0 Å². The fourth-order valence-corrected chi connectivity index (χ4v) is 2.46. The third-order valence-electron chi connectivity index (χ3n) is 3.50. The third-order valence-corrected chi connectivity index (χ3v) is 3.50. The van der Waals surface area contributed by atoms with Crippen molar-refractivity contribution >= 4 is 17.2 Å². The zero-order chi connectivity index (χ0) is 12.5. The summed E-state index contributed by atoms with van der Waals surface area (Å²) in [6.07, 6.45) is 7.75. The molecule has 3 rings (SSSR count). The van der Waals surface area contributed by atoms with Crippen LogP contribution in [0.15, 0.2) is 18.5 Å². The average molecular weight is 245 g/mol. The van der Waals surface area contributed by atoms with E-state index < -0.39 is 0 Å². The molecule has 0 atom stereocenters. The van der Waals surface area contributed by atoms with Gasteiger partial charge < -0.3 is 9.80 Å². The number of aromatic nitrogens is 3. The Bertz CT molecular complexity index is 539. The summed E-state index contributed by atoms with van der Waals surface area (Å²) in [5.41, 5.74) is 2.00. The molecule has 0 N–H and O–H groups in total. The Balaban J connectivity index is 2.00. The highest BCUT2D eigenvalue weighted by molar-refractivity contribution is 5.69. The Morgan fingerprint density at radius 2 is 1.94 bits per heavy atom. The monoisotopic (exact) mass is 245 g/mol. The maximum absolute atomic E-state index is 4.76. The predicted molar refractivity (Wildman–Crippen MR) is 73.4 cm³/mol. The molecule has 96 valence electrons. The fourth-order valence-electron chi connectivity index (χ4n) is 2.46. The first-order valence-electron chi connectivity index (χ1n) is 6.52. The number of piperidine rings is 1. The highest BCUT2D eigenvalue weighted by Gasteiger charge is 2.14. The fraction of sp³-hybridized carbons (Fsp3) is 0.538. The summed E-state index contributed by atoms with van der Waals surface area (Å²) in [4.78, 5) is 9.19. The minimum absolute atomic E-state index is 0.933. The lowest BCUT2D eigenvalue weighted by atomic mass is 10.1. The number of rotatable bonds is 2. The van der Waals surface area contributed by atoms with E-state index in [0.29, 0.717) is 0 Å². The zero-order valence-corrected chi connectivity index (χ0v) is 11.0. The van der Waals surface area contributed by atoms with E-state index in [0.717, 1.165) is 30.2 Å². The quantitative estimate of drug-likeness (QED) is 0.808. The second-order valence-corrected chi connectivity index (χ2v) is 5.03. The predicted octanol–water partition coefficient (Wildman–Crippen LogP) is 1.79. The van der Waals surface area contributed by atoms with Crippen LogP contribution in [0.5, 0.6) is 0 Å². The molecule has 2 aromatic heterocycles. The van der Waals surface area contributed by atoms with Gasteiger partial charge in [0.15, 0.2) is 5.65 Å². The number of fused-ring (bicyclic) bond motifs is 1. The van der Waals surface area contributed by atoms with E-state index >= 15 is 0 Å². The zero-order valence-electron chi connectivity index (χ0n) is 11.0. The van der Waals surface area contributed by atoms with Gasteiger partial charge in [-0.25, -0.2) is 9.50 Å². The first-order chi connectivity index (χ1) is 8.75. The summed E-state index contributed by atoms with van der Waals surface area (Å²) >= 11 is 0. The van der Waals surface area contributed by atoms with Gasteiger partial charge in [-0.05, 0) is 25.3 Å². The average Bonchev–Trinajstić information content (AvgIpc) is 2.82. The minimum Gasteiger partial charge on any atom is -0.373 e. The molecular weight excluding hydrogens is 226 g/mol. The summed E-state index contributed by atoms with van der Waals surface area (Å²) in [6, 6.07) is 2.06. The minimum atomic E-state index is 0.933. The lowest BCUT2D eigenvalue weighted by Crippen LogP contribution is -2.30. The van der Waals surface area contributed by atoms with Crippen LogP contribution in [0.3, 0.4) is 0 Å². The molecule has 2 aromatic rings. The normalized spacial score (nSPS) is 16.2. The Labute approximate surface area is 107 Å². The largest absolute Gasteiger partial charge is 0.373 e. The van der Waals surface area contributed by atoms with Crippen molar-refractivity contribution in [3.63, 3.8) is 0 Å². The van der Waals surface area contributed by atoms with Crippen molar-refractivity contribution in [2.24, 2.45) is 0 Å². The van der Waals surface area contributed by atoms with E-state index in [1.165, 1.54) is 19.3 Å². The third kappa shape index (κ3) is 1.89. The van der Waals surface area contributed by atoms with Gasteiger partial charge in [-0.1, -0.05) is 0 Å². The molecule has 0 saturated carbocycles. The first kappa shape index (κ1) is 11.3. The molecule has 3 heterocycles. The van der Waals surface area contributed by atoms with Crippen LogP contribution in [0.1, 0.15) is 19.3 Å². The van der Waals surface area contributed by atoms with E-state index in [1.807, 2.05) is 31.0 Å². The summed E-state index contributed by atoms with van der Waals surface area (Å²) in [5.74, 6) is 1.07. The molecule has 1 aliphatic heterocycles. The van der Waals surface area contributed by atoms with Gasteiger partial charge in [0.2, 0.25) is 0 Å². The number of hydrogen-bond donors (Lipinski definition) is 0. The van der Waals surface area contributed by atoms with Crippen LogP contribution in [0.2, 0.25) is 0 Å². The molecule has 1 aliphatic rings.